The number of ether oxygens (including phenoxy) is 1. The van der Waals surface area contributed by atoms with E-state index in [4.69, 9.17) is 4.74 Å². The first-order chi connectivity index (χ1) is 12.3. The molecule has 2 aromatic rings. The zero-order valence-corrected chi connectivity index (χ0v) is 16.3. The highest BCUT2D eigenvalue weighted by atomic mass is 16.5. The maximum atomic E-state index is 10.3. The van der Waals surface area contributed by atoms with Crippen LogP contribution in [0.2, 0.25) is 0 Å². The van der Waals surface area contributed by atoms with Gasteiger partial charge in [0, 0.05) is 11.6 Å². The minimum Gasteiger partial charge on any atom is -0.457 e. The zero-order chi connectivity index (χ0) is 18.7. The largest absolute Gasteiger partial charge is 0.457 e. The molecule has 26 heavy (non-hydrogen) atoms. The van der Waals surface area contributed by atoms with Gasteiger partial charge in [-0.2, -0.15) is 0 Å². The molecule has 2 N–H and O–H groups in total. The summed E-state index contributed by atoms with van der Waals surface area (Å²) in [6, 6.07) is 16.6. The number of rotatable bonds is 5. The summed E-state index contributed by atoms with van der Waals surface area (Å²) in [6.45, 7) is 8.53. The summed E-state index contributed by atoms with van der Waals surface area (Å²) in [4.78, 5) is 0. The molecule has 0 heterocycles. The van der Waals surface area contributed by atoms with E-state index in [1.54, 1.807) is 0 Å². The molecule has 0 aromatic heterocycles. The summed E-state index contributed by atoms with van der Waals surface area (Å²) in [5.74, 6) is 2.24. The summed E-state index contributed by atoms with van der Waals surface area (Å²) in [5.41, 5.74) is 2.57. The van der Waals surface area contributed by atoms with Crippen LogP contribution in [0.15, 0.2) is 48.5 Å². The summed E-state index contributed by atoms with van der Waals surface area (Å²) in [6.07, 6.45) is 2.66. The van der Waals surface area contributed by atoms with Gasteiger partial charge in [0.25, 0.3) is 0 Å². The molecular weight excluding hydrogens is 322 g/mol. The fraction of sp³-hybridized carbons (Fsp3) is 0.478. The van der Waals surface area contributed by atoms with Crippen LogP contribution in [0, 0.1) is 12.8 Å². The van der Waals surface area contributed by atoms with E-state index >= 15 is 0 Å². The summed E-state index contributed by atoms with van der Waals surface area (Å²) in [7, 11) is 0. The number of aliphatic hydroxyl groups excluding tert-OH is 1. The van der Waals surface area contributed by atoms with E-state index in [0.29, 0.717) is 5.92 Å². The van der Waals surface area contributed by atoms with E-state index < -0.39 is 0 Å². The third kappa shape index (κ3) is 5.33. The van der Waals surface area contributed by atoms with Gasteiger partial charge in [-0.25, -0.2) is 0 Å². The molecule has 0 unspecified atom stereocenters. The average Bonchev–Trinajstić information content (AvgIpc) is 2.89. The van der Waals surface area contributed by atoms with Crippen molar-refractivity contribution < 1.29 is 9.84 Å². The van der Waals surface area contributed by atoms with Crippen LogP contribution in [0.1, 0.15) is 44.7 Å². The van der Waals surface area contributed by atoms with Crippen LogP contribution in [-0.4, -0.2) is 22.8 Å². The van der Waals surface area contributed by atoms with E-state index in [1.165, 1.54) is 11.1 Å². The third-order valence-electron chi connectivity index (χ3n) is 4.95. The molecule has 0 bridgehead atoms. The summed E-state index contributed by atoms with van der Waals surface area (Å²) in [5, 5.41) is 13.9. The Morgan fingerprint density at radius 3 is 2.12 bits per heavy atom. The molecule has 0 saturated heterocycles. The Morgan fingerprint density at radius 2 is 1.54 bits per heavy atom. The highest BCUT2D eigenvalue weighted by Gasteiger charge is 2.34. The topological polar surface area (TPSA) is 41.5 Å². The smallest absolute Gasteiger partial charge is 0.127 e. The van der Waals surface area contributed by atoms with Crippen LogP contribution in [0.5, 0.6) is 11.5 Å². The highest BCUT2D eigenvalue weighted by molar-refractivity contribution is 5.34. The van der Waals surface area contributed by atoms with Crippen LogP contribution in [-0.2, 0) is 6.42 Å². The van der Waals surface area contributed by atoms with Crippen molar-refractivity contribution in [3.63, 3.8) is 0 Å². The summed E-state index contributed by atoms with van der Waals surface area (Å²) >= 11 is 0. The van der Waals surface area contributed by atoms with Gasteiger partial charge in [0.2, 0.25) is 0 Å². The molecule has 2 aromatic carbocycles. The SMILES string of the molecule is Cc1ccc(Oc2ccc(C[C@@H]3C[C@@H](O)[C@H](NC(C)(C)C)C3)cc2)cc1. The second kappa shape index (κ2) is 7.81. The number of aliphatic hydroxyl groups is 1. The predicted molar refractivity (Wildman–Crippen MR) is 107 cm³/mol. The van der Waals surface area contributed by atoms with E-state index in [9.17, 15) is 5.11 Å². The molecule has 0 radical (unpaired) electrons. The van der Waals surface area contributed by atoms with Crippen molar-refractivity contribution in [1.82, 2.24) is 5.32 Å². The lowest BCUT2D eigenvalue weighted by Crippen LogP contribution is -2.47. The standard InChI is InChI=1S/C23H31NO2/c1-16-5-9-19(10-6-16)26-20-11-7-17(8-12-20)13-18-14-21(22(25)15-18)24-23(2,3)4/h5-12,18,21-22,24-25H,13-15H2,1-4H3/t18-,21+,22+/m0/s1. The monoisotopic (exact) mass is 353 g/mol. The Kier molecular flexibility index (Phi) is 5.69. The van der Waals surface area contributed by atoms with Crippen molar-refractivity contribution in [2.75, 3.05) is 0 Å². The second-order valence-electron chi connectivity index (χ2n) is 8.67. The first-order valence-corrected chi connectivity index (χ1v) is 9.58. The molecule has 1 saturated carbocycles. The Morgan fingerprint density at radius 1 is 0.962 bits per heavy atom. The van der Waals surface area contributed by atoms with Gasteiger partial charge in [-0.3, -0.25) is 0 Å². The van der Waals surface area contributed by atoms with Gasteiger partial charge in [-0.05, 0) is 82.7 Å². The molecule has 140 valence electrons. The van der Waals surface area contributed by atoms with E-state index in [0.717, 1.165) is 30.8 Å². The third-order valence-corrected chi connectivity index (χ3v) is 4.95. The van der Waals surface area contributed by atoms with Crippen molar-refractivity contribution in [2.45, 2.75) is 64.6 Å². The molecule has 3 nitrogen and oxygen atoms in total. The average molecular weight is 354 g/mol. The van der Waals surface area contributed by atoms with Gasteiger partial charge < -0.3 is 15.2 Å². The summed E-state index contributed by atoms with van der Waals surface area (Å²) < 4.78 is 5.90. The van der Waals surface area contributed by atoms with Crippen LogP contribution in [0.3, 0.4) is 0 Å². The van der Waals surface area contributed by atoms with Crippen molar-refractivity contribution in [3.05, 3.63) is 59.7 Å². The van der Waals surface area contributed by atoms with Gasteiger partial charge in [-0.15, -0.1) is 0 Å². The molecule has 0 amide bonds. The number of hydrogen-bond acceptors (Lipinski definition) is 3. The number of hydrogen-bond donors (Lipinski definition) is 2. The molecule has 1 fully saturated rings. The number of nitrogens with one attached hydrogen (secondary N) is 1. The molecule has 3 rings (SSSR count). The minimum absolute atomic E-state index is 0.0372. The van der Waals surface area contributed by atoms with Crippen molar-refractivity contribution in [1.29, 1.82) is 0 Å². The Balaban J connectivity index is 1.55. The molecule has 1 aliphatic rings. The molecular formula is C23H31NO2. The van der Waals surface area contributed by atoms with Gasteiger partial charge in [0.1, 0.15) is 11.5 Å². The van der Waals surface area contributed by atoms with Gasteiger partial charge in [0.05, 0.1) is 6.10 Å². The molecule has 3 heteroatoms. The van der Waals surface area contributed by atoms with E-state index in [-0.39, 0.29) is 17.7 Å². The van der Waals surface area contributed by atoms with Crippen LogP contribution in [0.25, 0.3) is 0 Å². The van der Waals surface area contributed by atoms with E-state index in [1.807, 2.05) is 24.3 Å². The van der Waals surface area contributed by atoms with Crippen LogP contribution < -0.4 is 10.1 Å². The van der Waals surface area contributed by atoms with Crippen molar-refractivity contribution in [2.24, 2.45) is 5.92 Å². The maximum Gasteiger partial charge on any atom is 0.127 e. The van der Waals surface area contributed by atoms with Crippen molar-refractivity contribution in [3.8, 4) is 11.5 Å². The first kappa shape index (κ1) is 18.9. The molecule has 3 atom stereocenters. The van der Waals surface area contributed by atoms with E-state index in [2.05, 4.69) is 57.3 Å². The molecule has 0 spiro atoms. The Bertz CT molecular complexity index is 700. The first-order valence-electron chi connectivity index (χ1n) is 9.58. The highest BCUT2D eigenvalue weighted by Crippen LogP contribution is 2.31. The van der Waals surface area contributed by atoms with Crippen molar-refractivity contribution >= 4 is 0 Å². The van der Waals surface area contributed by atoms with Gasteiger partial charge in [0.15, 0.2) is 0 Å². The van der Waals surface area contributed by atoms with Gasteiger partial charge in [-0.1, -0.05) is 29.8 Å². The second-order valence-corrected chi connectivity index (χ2v) is 8.67. The number of benzene rings is 2. The fourth-order valence-corrected chi connectivity index (χ4v) is 3.77. The normalized spacial score (nSPS) is 23.2. The van der Waals surface area contributed by atoms with Crippen LogP contribution >= 0.6 is 0 Å². The quantitative estimate of drug-likeness (QED) is 0.807. The Hall–Kier alpha value is -1.84. The predicted octanol–water partition coefficient (Wildman–Crippen LogP) is 4.86. The molecule has 0 aliphatic heterocycles. The number of aryl methyl sites for hydroxylation is 1. The lowest BCUT2D eigenvalue weighted by atomic mass is 9.97. The minimum atomic E-state index is -0.247. The lowest BCUT2D eigenvalue weighted by molar-refractivity contribution is 0.133. The fourth-order valence-electron chi connectivity index (χ4n) is 3.77. The maximum absolute atomic E-state index is 10.3. The zero-order valence-electron chi connectivity index (χ0n) is 16.3. The van der Waals surface area contributed by atoms with Gasteiger partial charge >= 0.3 is 0 Å². The Labute approximate surface area is 157 Å². The molecule has 1 aliphatic carbocycles. The van der Waals surface area contributed by atoms with Crippen LogP contribution in [0.4, 0.5) is 0 Å². The lowest BCUT2D eigenvalue weighted by Gasteiger charge is -2.27.